The third kappa shape index (κ3) is 2.94. The van der Waals surface area contributed by atoms with E-state index in [0.717, 1.165) is 0 Å². The molecule has 0 saturated carbocycles. The largest absolute Gasteiger partial charge is 0.375 e. The molecule has 1 aromatic rings. The van der Waals surface area contributed by atoms with Crippen LogP contribution in [0.3, 0.4) is 0 Å². The molecule has 1 aliphatic heterocycles. The van der Waals surface area contributed by atoms with Gasteiger partial charge >= 0.3 is 5.69 Å². The molecule has 1 saturated heterocycles. The first-order chi connectivity index (χ1) is 8.58. The molecule has 7 nitrogen and oxygen atoms in total. The van der Waals surface area contributed by atoms with Crippen LogP contribution in [0.15, 0.2) is 9.95 Å². The van der Waals surface area contributed by atoms with E-state index in [4.69, 9.17) is 4.74 Å². The first kappa shape index (κ1) is 13.2. The molecule has 1 N–H and O–H groups in total. The summed E-state index contributed by atoms with van der Waals surface area (Å²) < 4.78 is 6.77. The SMILES string of the molecule is CC1CN(C(=O)CSc2n[nH]c(=O)n2C)CCO1. The molecule has 1 unspecified atom stereocenters. The number of nitrogens with zero attached hydrogens (tertiary/aromatic N) is 3. The first-order valence-corrected chi connectivity index (χ1v) is 6.70. The molecule has 1 aromatic heterocycles. The lowest BCUT2D eigenvalue weighted by molar-refractivity contribution is -0.135. The van der Waals surface area contributed by atoms with Gasteiger partial charge in [-0.1, -0.05) is 11.8 Å². The summed E-state index contributed by atoms with van der Waals surface area (Å²) in [6, 6.07) is 0. The Balaban J connectivity index is 1.88. The van der Waals surface area contributed by atoms with Gasteiger partial charge in [0.2, 0.25) is 5.91 Å². The van der Waals surface area contributed by atoms with Crippen molar-refractivity contribution >= 4 is 17.7 Å². The molecular weight excluding hydrogens is 256 g/mol. The number of rotatable bonds is 3. The van der Waals surface area contributed by atoms with Crippen LogP contribution in [-0.4, -0.2) is 57.1 Å². The second-order valence-electron chi connectivity index (χ2n) is 4.18. The van der Waals surface area contributed by atoms with Gasteiger partial charge in [0.05, 0.1) is 18.5 Å². The minimum Gasteiger partial charge on any atom is -0.375 e. The van der Waals surface area contributed by atoms with Crippen molar-refractivity contribution in [1.29, 1.82) is 0 Å². The monoisotopic (exact) mass is 272 g/mol. The Kier molecular flexibility index (Phi) is 4.07. The van der Waals surface area contributed by atoms with Crippen LogP contribution in [0.4, 0.5) is 0 Å². The van der Waals surface area contributed by atoms with Crippen LogP contribution in [0.5, 0.6) is 0 Å². The number of aromatic nitrogens is 3. The topological polar surface area (TPSA) is 80.2 Å². The number of nitrogens with one attached hydrogen (secondary N) is 1. The number of carbonyl (C=O) groups excluding carboxylic acids is 1. The minimum absolute atomic E-state index is 0.0469. The highest BCUT2D eigenvalue weighted by atomic mass is 32.2. The molecule has 0 aliphatic carbocycles. The van der Waals surface area contributed by atoms with Gasteiger partial charge in [0.25, 0.3) is 0 Å². The quantitative estimate of drug-likeness (QED) is 0.747. The molecule has 0 radical (unpaired) electrons. The number of hydrogen-bond donors (Lipinski definition) is 1. The molecule has 1 amide bonds. The molecule has 0 spiro atoms. The van der Waals surface area contributed by atoms with Crippen LogP contribution in [0.1, 0.15) is 6.92 Å². The van der Waals surface area contributed by atoms with Gasteiger partial charge in [0.1, 0.15) is 0 Å². The molecule has 18 heavy (non-hydrogen) atoms. The highest BCUT2D eigenvalue weighted by molar-refractivity contribution is 7.99. The van der Waals surface area contributed by atoms with Crippen molar-refractivity contribution in [3.05, 3.63) is 10.5 Å². The Morgan fingerprint density at radius 3 is 3.06 bits per heavy atom. The van der Waals surface area contributed by atoms with Crippen LogP contribution in [0, 0.1) is 0 Å². The molecule has 0 bridgehead atoms. The fraction of sp³-hybridized carbons (Fsp3) is 0.700. The summed E-state index contributed by atoms with van der Waals surface area (Å²) >= 11 is 1.26. The number of morpholine rings is 1. The lowest BCUT2D eigenvalue weighted by atomic mass is 10.3. The fourth-order valence-electron chi connectivity index (χ4n) is 1.72. The summed E-state index contributed by atoms with van der Waals surface area (Å²) in [4.78, 5) is 24.9. The lowest BCUT2D eigenvalue weighted by Gasteiger charge is -2.31. The molecule has 1 aliphatic rings. The third-order valence-electron chi connectivity index (χ3n) is 2.76. The van der Waals surface area contributed by atoms with E-state index in [9.17, 15) is 9.59 Å². The minimum atomic E-state index is -0.273. The van der Waals surface area contributed by atoms with E-state index < -0.39 is 0 Å². The predicted octanol–water partition coefficient (Wildman–Crippen LogP) is -0.552. The van der Waals surface area contributed by atoms with Gasteiger partial charge in [0.15, 0.2) is 5.16 Å². The molecular formula is C10H16N4O3S. The smallest absolute Gasteiger partial charge is 0.343 e. The van der Waals surface area contributed by atoms with Gasteiger partial charge in [-0.05, 0) is 6.92 Å². The van der Waals surface area contributed by atoms with Crippen molar-refractivity contribution in [1.82, 2.24) is 19.7 Å². The molecule has 1 atom stereocenters. The normalized spacial score (nSPS) is 20.1. The number of ether oxygens (including phenoxy) is 1. The van der Waals surface area contributed by atoms with Gasteiger partial charge in [-0.2, -0.15) is 0 Å². The number of amides is 1. The second-order valence-corrected chi connectivity index (χ2v) is 5.12. The average molecular weight is 272 g/mol. The lowest BCUT2D eigenvalue weighted by Crippen LogP contribution is -2.45. The Bertz CT molecular complexity index is 484. The van der Waals surface area contributed by atoms with Crippen molar-refractivity contribution in [2.75, 3.05) is 25.4 Å². The van der Waals surface area contributed by atoms with Crippen molar-refractivity contribution in [3.63, 3.8) is 0 Å². The van der Waals surface area contributed by atoms with Crippen LogP contribution in [0.25, 0.3) is 0 Å². The Hall–Kier alpha value is -1.28. The third-order valence-corrected chi connectivity index (χ3v) is 3.77. The maximum atomic E-state index is 12.0. The maximum Gasteiger partial charge on any atom is 0.343 e. The summed E-state index contributed by atoms with van der Waals surface area (Å²) in [6.07, 6.45) is 0.0856. The predicted molar refractivity (Wildman–Crippen MR) is 66.5 cm³/mol. The number of H-pyrrole nitrogens is 1. The standard InChI is InChI=1S/C10H16N4O3S/c1-7-5-14(3-4-17-7)8(15)6-18-10-12-11-9(16)13(10)2/h7H,3-6H2,1-2H3,(H,11,16). The summed E-state index contributed by atoms with van der Waals surface area (Å²) in [5.41, 5.74) is -0.273. The highest BCUT2D eigenvalue weighted by Gasteiger charge is 2.21. The van der Waals surface area contributed by atoms with Crippen LogP contribution < -0.4 is 5.69 Å². The summed E-state index contributed by atoms with van der Waals surface area (Å²) in [6.45, 7) is 3.78. The van der Waals surface area contributed by atoms with E-state index in [1.54, 1.807) is 11.9 Å². The maximum absolute atomic E-state index is 12.0. The Morgan fingerprint density at radius 1 is 1.67 bits per heavy atom. The van der Waals surface area contributed by atoms with Crippen molar-refractivity contribution < 1.29 is 9.53 Å². The van der Waals surface area contributed by atoms with Crippen molar-refractivity contribution in [2.45, 2.75) is 18.2 Å². The van der Waals surface area contributed by atoms with E-state index in [-0.39, 0.29) is 23.5 Å². The molecule has 2 heterocycles. The average Bonchev–Trinajstić information content (AvgIpc) is 2.67. The summed E-state index contributed by atoms with van der Waals surface area (Å²) in [7, 11) is 1.62. The molecule has 0 aromatic carbocycles. The zero-order chi connectivity index (χ0) is 13.1. The number of carbonyl (C=O) groups is 1. The van der Waals surface area contributed by atoms with Crippen LogP contribution >= 0.6 is 11.8 Å². The highest BCUT2D eigenvalue weighted by Crippen LogP contribution is 2.14. The molecule has 2 rings (SSSR count). The molecule has 100 valence electrons. The number of aromatic amines is 1. The van der Waals surface area contributed by atoms with E-state index >= 15 is 0 Å². The fourth-order valence-corrected chi connectivity index (χ4v) is 2.55. The number of hydrogen-bond acceptors (Lipinski definition) is 5. The van der Waals surface area contributed by atoms with Gasteiger partial charge in [0, 0.05) is 20.1 Å². The van der Waals surface area contributed by atoms with E-state index in [1.807, 2.05) is 6.92 Å². The van der Waals surface area contributed by atoms with Gasteiger partial charge < -0.3 is 9.64 Å². The summed E-state index contributed by atoms with van der Waals surface area (Å²) in [5, 5.41) is 6.70. The molecule has 1 fully saturated rings. The second kappa shape index (κ2) is 5.57. The van der Waals surface area contributed by atoms with Gasteiger partial charge in [-0.15, -0.1) is 5.10 Å². The zero-order valence-corrected chi connectivity index (χ0v) is 11.2. The summed E-state index contributed by atoms with van der Waals surface area (Å²) in [5.74, 6) is 0.329. The number of thioether (sulfide) groups is 1. The van der Waals surface area contributed by atoms with E-state index in [2.05, 4.69) is 10.2 Å². The van der Waals surface area contributed by atoms with Gasteiger partial charge in [-0.3, -0.25) is 9.36 Å². The van der Waals surface area contributed by atoms with Crippen molar-refractivity contribution in [2.24, 2.45) is 7.05 Å². The Morgan fingerprint density at radius 2 is 2.44 bits per heavy atom. The van der Waals surface area contributed by atoms with Crippen LogP contribution in [-0.2, 0) is 16.6 Å². The zero-order valence-electron chi connectivity index (χ0n) is 10.4. The Labute approximate surface area is 108 Å². The molecule has 8 heteroatoms. The van der Waals surface area contributed by atoms with Crippen LogP contribution in [0.2, 0.25) is 0 Å². The van der Waals surface area contributed by atoms with E-state index in [0.29, 0.717) is 24.9 Å². The first-order valence-electron chi connectivity index (χ1n) is 5.71. The van der Waals surface area contributed by atoms with Gasteiger partial charge in [-0.25, -0.2) is 9.89 Å². The van der Waals surface area contributed by atoms with Crippen molar-refractivity contribution in [3.8, 4) is 0 Å². The van der Waals surface area contributed by atoms with E-state index in [1.165, 1.54) is 16.3 Å².